The Kier molecular flexibility index (Phi) is 17.9. The number of carbonyl (C=O) groups is 2. The van der Waals surface area contributed by atoms with E-state index < -0.39 is 0 Å². The van der Waals surface area contributed by atoms with Crippen molar-refractivity contribution >= 4 is 80.0 Å². The molecule has 0 spiro atoms. The van der Waals surface area contributed by atoms with Crippen LogP contribution in [0.25, 0.3) is 48.8 Å². The smallest absolute Gasteiger partial charge is 0.348 e. The second kappa shape index (κ2) is 23.2. The average Bonchev–Trinajstić information content (AvgIpc) is 4.09. The van der Waals surface area contributed by atoms with Gasteiger partial charge in [-0.15, -0.1) is 68.0 Å². The number of hydrogen-bond donors (Lipinski definition) is 0. The number of ether oxygens (including phenoxy) is 2. The maximum Gasteiger partial charge on any atom is 0.348 e. The van der Waals surface area contributed by atoms with Gasteiger partial charge >= 0.3 is 11.9 Å². The largest absolute Gasteiger partial charge is 0.465 e. The number of carbonyl (C=O) groups excluding carboxylic acids is 2. The molecule has 6 aromatic rings. The summed E-state index contributed by atoms with van der Waals surface area (Å²) >= 11 is 10.4. The molecule has 0 N–H and O–H groups in total. The van der Waals surface area contributed by atoms with Crippen molar-refractivity contribution in [1.29, 1.82) is 0 Å². The van der Waals surface area contributed by atoms with E-state index in [1.54, 1.807) is 22.7 Å². The van der Waals surface area contributed by atoms with Crippen molar-refractivity contribution in [1.82, 2.24) is 0 Å². The van der Waals surface area contributed by atoms with E-state index in [-0.39, 0.29) is 11.9 Å². The first-order chi connectivity index (χ1) is 28.4. The molecule has 6 heterocycles. The van der Waals surface area contributed by atoms with Gasteiger partial charge in [0.05, 0.1) is 14.2 Å². The minimum atomic E-state index is -0.250. The van der Waals surface area contributed by atoms with Crippen LogP contribution >= 0.6 is 68.0 Å². The second-order valence-electron chi connectivity index (χ2n) is 15.0. The zero-order valence-electron chi connectivity index (χ0n) is 34.6. The van der Waals surface area contributed by atoms with Crippen LogP contribution in [0.2, 0.25) is 0 Å². The minimum Gasteiger partial charge on any atom is -0.465 e. The Morgan fingerprint density at radius 3 is 0.983 bits per heavy atom. The fraction of sp³-hybridized carbons (Fsp3) is 0.458. The molecule has 0 aliphatic rings. The molecule has 0 fully saturated rings. The van der Waals surface area contributed by atoms with Gasteiger partial charge in [0.1, 0.15) is 9.75 Å². The molecule has 6 aromatic heterocycles. The summed E-state index contributed by atoms with van der Waals surface area (Å²) in [6, 6.07) is 22.1. The zero-order chi connectivity index (χ0) is 40.7. The summed E-state index contributed by atoms with van der Waals surface area (Å²) in [5.74, 6) is -0.500. The van der Waals surface area contributed by atoms with Gasteiger partial charge in [0.15, 0.2) is 0 Å². The van der Waals surface area contributed by atoms with Crippen molar-refractivity contribution in [2.24, 2.45) is 0 Å². The van der Waals surface area contributed by atoms with Crippen LogP contribution in [0.1, 0.15) is 147 Å². The number of rotatable bonds is 25. The molecule has 0 aromatic carbocycles. The van der Waals surface area contributed by atoms with E-state index in [1.165, 1.54) is 164 Å². The van der Waals surface area contributed by atoms with Crippen LogP contribution in [0, 0.1) is 0 Å². The third kappa shape index (κ3) is 12.1. The quantitative estimate of drug-likeness (QED) is 0.0424. The number of hydrogen-bond acceptors (Lipinski definition) is 10. The van der Waals surface area contributed by atoms with Gasteiger partial charge in [0, 0.05) is 48.8 Å². The van der Waals surface area contributed by atoms with Gasteiger partial charge in [-0.2, -0.15) is 0 Å². The van der Waals surface area contributed by atoms with Gasteiger partial charge in [-0.3, -0.25) is 0 Å². The van der Waals surface area contributed by atoms with Crippen LogP contribution in [0.4, 0.5) is 0 Å². The van der Waals surface area contributed by atoms with Gasteiger partial charge in [-0.25, -0.2) is 9.59 Å². The molecule has 0 saturated heterocycles. The van der Waals surface area contributed by atoms with Crippen LogP contribution < -0.4 is 0 Å². The fourth-order valence-electron chi connectivity index (χ4n) is 7.34. The minimum absolute atomic E-state index is 0.250. The highest BCUT2D eigenvalue weighted by molar-refractivity contribution is 7.30. The van der Waals surface area contributed by atoms with Gasteiger partial charge in [-0.05, 0) is 97.5 Å². The van der Waals surface area contributed by atoms with E-state index in [4.69, 9.17) is 9.47 Å². The predicted octanol–water partition coefficient (Wildman–Crippen LogP) is 17.3. The lowest BCUT2D eigenvalue weighted by atomic mass is 10.0. The summed E-state index contributed by atoms with van der Waals surface area (Å²) in [7, 11) is 2.93. The average molecular weight is 891 g/mol. The number of thiophene rings is 6. The lowest BCUT2D eigenvalue weighted by Gasteiger charge is -2.03. The maximum absolute atomic E-state index is 12.5. The maximum atomic E-state index is 12.5. The molecular formula is C48H58O4S6. The molecule has 0 atom stereocenters. The normalized spacial score (nSPS) is 11.4. The van der Waals surface area contributed by atoms with Gasteiger partial charge in [0.25, 0.3) is 0 Å². The third-order valence-corrected chi connectivity index (χ3v) is 18.2. The Labute approximate surface area is 370 Å². The summed E-state index contributed by atoms with van der Waals surface area (Å²) in [5, 5.41) is 0. The summed E-state index contributed by atoms with van der Waals surface area (Å²) in [6.45, 7) is 4.53. The number of methoxy groups -OCH3 is 2. The first kappa shape index (κ1) is 44.7. The molecule has 6 rings (SSSR count). The molecule has 0 radical (unpaired) electrons. The Morgan fingerprint density at radius 2 is 0.672 bits per heavy atom. The van der Waals surface area contributed by atoms with Crippen LogP contribution in [-0.4, -0.2) is 26.2 Å². The monoisotopic (exact) mass is 890 g/mol. The van der Waals surface area contributed by atoms with Crippen molar-refractivity contribution in [2.45, 2.75) is 129 Å². The molecule has 0 saturated carbocycles. The highest BCUT2D eigenvalue weighted by atomic mass is 32.1. The molecular weight excluding hydrogens is 833 g/mol. The first-order valence-electron chi connectivity index (χ1n) is 21.3. The number of esters is 2. The van der Waals surface area contributed by atoms with E-state index in [2.05, 4.69) is 74.5 Å². The lowest BCUT2D eigenvalue weighted by Crippen LogP contribution is -1.97. The lowest BCUT2D eigenvalue weighted by molar-refractivity contribution is 0.0597. The van der Waals surface area contributed by atoms with Crippen molar-refractivity contribution in [3.05, 3.63) is 81.5 Å². The summed E-state index contributed by atoms with van der Waals surface area (Å²) < 4.78 is 10.2. The van der Waals surface area contributed by atoms with E-state index in [0.717, 1.165) is 25.7 Å². The van der Waals surface area contributed by atoms with E-state index >= 15 is 0 Å². The topological polar surface area (TPSA) is 52.6 Å². The summed E-state index contributed by atoms with van der Waals surface area (Å²) in [5.41, 5.74) is 2.53. The Hall–Kier alpha value is -2.86. The molecule has 0 aliphatic carbocycles. The van der Waals surface area contributed by atoms with E-state index in [0.29, 0.717) is 9.75 Å². The standard InChI is InChI=1S/C48H58O4S6/c1-5-7-9-11-13-15-17-19-21-33-31-43(47(49)51-3)57-45(33)41-29-27-39(55-41)37-25-23-35(53-37)36-24-26-38(54-36)40-28-30-42(56-40)46-34(32-44(58-46)48(50)52-4)22-20-18-16-14-12-10-8-6-2/h23-32H,5-22H2,1-4H3. The van der Waals surface area contributed by atoms with Crippen molar-refractivity contribution < 1.29 is 19.1 Å². The molecule has 58 heavy (non-hydrogen) atoms. The van der Waals surface area contributed by atoms with Crippen molar-refractivity contribution in [3.63, 3.8) is 0 Å². The third-order valence-electron chi connectivity index (χ3n) is 10.6. The van der Waals surface area contributed by atoms with Crippen LogP contribution in [0.3, 0.4) is 0 Å². The molecule has 0 unspecified atom stereocenters. The molecule has 0 bridgehead atoms. The molecule has 310 valence electrons. The van der Waals surface area contributed by atoms with E-state index in [9.17, 15) is 9.59 Å². The van der Waals surface area contributed by atoms with Crippen LogP contribution in [-0.2, 0) is 22.3 Å². The molecule has 0 amide bonds. The van der Waals surface area contributed by atoms with Crippen LogP contribution in [0.5, 0.6) is 0 Å². The summed E-state index contributed by atoms with van der Waals surface area (Å²) in [4.78, 5) is 38.9. The van der Waals surface area contributed by atoms with Gasteiger partial charge < -0.3 is 9.47 Å². The summed E-state index contributed by atoms with van der Waals surface area (Å²) in [6.07, 6.45) is 22.6. The molecule has 0 aliphatic heterocycles. The Morgan fingerprint density at radius 1 is 0.397 bits per heavy atom. The highest BCUT2D eigenvalue weighted by Crippen LogP contribution is 2.47. The fourth-order valence-corrected chi connectivity index (χ4v) is 14.2. The molecule has 4 nitrogen and oxygen atoms in total. The highest BCUT2D eigenvalue weighted by Gasteiger charge is 2.21. The number of aryl methyl sites for hydroxylation is 2. The molecule has 10 heteroatoms. The zero-order valence-corrected chi connectivity index (χ0v) is 39.5. The van der Waals surface area contributed by atoms with Crippen molar-refractivity contribution in [2.75, 3.05) is 14.2 Å². The first-order valence-corrected chi connectivity index (χ1v) is 26.2. The Balaban J connectivity index is 1.11. The van der Waals surface area contributed by atoms with Crippen LogP contribution in [0.15, 0.2) is 60.7 Å². The SMILES string of the molecule is CCCCCCCCCCc1cc(C(=O)OC)sc1-c1ccc(-c2ccc(-c3ccc(-c4ccc(-c5sc(C(=O)OC)cc5CCCCCCCCCC)s4)s3)s2)s1. The predicted molar refractivity (Wildman–Crippen MR) is 256 cm³/mol. The Bertz CT molecular complexity index is 2020. The van der Waals surface area contributed by atoms with E-state index in [1.807, 2.05) is 45.3 Å². The van der Waals surface area contributed by atoms with Gasteiger partial charge in [-0.1, -0.05) is 104 Å². The van der Waals surface area contributed by atoms with Gasteiger partial charge in [0.2, 0.25) is 0 Å². The van der Waals surface area contributed by atoms with Crippen molar-refractivity contribution in [3.8, 4) is 48.8 Å². The number of unbranched alkanes of at least 4 members (excludes halogenated alkanes) is 14. The second-order valence-corrected chi connectivity index (χ2v) is 21.5.